The number of unbranched alkanes of at least 4 members (excludes halogenated alkanes) is 1. The Labute approximate surface area is 266 Å². The molecule has 1 aliphatic carbocycles. The van der Waals surface area contributed by atoms with E-state index < -0.39 is 17.7 Å². The molecule has 0 N–H and O–H groups in total. The fraction of sp³-hybridized carbons (Fsp3) is 0.472. The van der Waals surface area contributed by atoms with Gasteiger partial charge < -0.3 is 9.47 Å². The first kappa shape index (κ1) is 37.4. The van der Waals surface area contributed by atoms with E-state index in [0.717, 1.165) is 55.0 Å². The Morgan fingerprint density at radius 1 is 1.13 bits per heavy atom. The van der Waals surface area contributed by atoms with E-state index in [0.29, 0.717) is 36.0 Å². The number of rotatable bonds is 18. The molecular weight excluding hydrogens is 582 g/mol. The first-order valence-corrected chi connectivity index (χ1v) is 15.6. The van der Waals surface area contributed by atoms with Gasteiger partial charge in [-0.15, -0.1) is 0 Å². The summed E-state index contributed by atoms with van der Waals surface area (Å²) in [6, 6.07) is 4.30. The van der Waals surface area contributed by atoms with Gasteiger partial charge in [-0.3, -0.25) is 4.99 Å². The summed E-state index contributed by atoms with van der Waals surface area (Å²) in [5.74, 6) is 0.145. The van der Waals surface area contributed by atoms with E-state index in [-0.39, 0.29) is 23.8 Å². The second-order valence-electron chi connectivity index (χ2n) is 11.0. The molecule has 1 aromatic carbocycles. The maximum atomic E-state index is 15.2. The second kappa shape index (κ2) is 18.3. The van der Waals surface area contributed by atoms with E-state index in [2.05, 4.69) is 37.0 Å². The summed E-state index contributed by atoms with van der Waals surface area (Å²) in [6.45, 7) is 17.2. The molecule has 1 saturated carbocycles. The van der Waals surface area contributed by atoms with E-state index in [4.69, 9.17) is 14.5 Å². The van der Waals surface area contributed by atoms with Crippen molar-refractivity contribution < 1.29 is 27.0 Å². The molecule has 0 aliphatic heterocycles. The van der Waals surface area contributed by atoms with Gasteiger partial charge in [0, 0.05) is 18.0 Å². The second-order valence-corrected chi connectivity index (χ2v) is 11.0. The molecule has 0 spiro atoms. The Balaban J connectivity index is 2.25. The molecule has 0 amide bonds. The Morgan fingerprint density at radius 3 is 2.38 bits per heavy atom. The molecule has 2 rings (SSSR count). The van der Waals surface area contributed by atoms with E-state index in [1.807, 2.05) is 13.1 Å². The number of benzene rings is 1. The molecule has 5 nitrogen and oxygen atoms in total. The zero-order valence-electron chi connectivity index (χ0n) is 27.4. The van der Waals surface area contributed by atoms with Crippen LogP contribution < -0.4 is 0 Å². The molecule has 0 radical (unpaired) electrons. The number of alkyl halides is 3. The van der Waals surface area contributed by atoms with Crippen LogP contribution in [0.3, 0.4) is 0 Å². The molecule has 1 fully saturated rings. The summed E-state index contributed by atoms with van der Waals surface area (Å²) in [6.07, 6.45) is 7.35. The monoisotopic (exact) mass is 629 g/mol. The lowest BCUT2D eigenvalue weighted by atomic mass is 9.94. The Bertz CT molecular complexity index is 1360. The Hall–Kier alpha value is -3.75. The predicted molar refractivity (Wildman–Crippen MR) is 177 cm³/mol. The number of methoxy groups -OCH3 is 1. The average Bonchev–Trinajstić information content (AvgIpc) is 3.85. The van der Waals surface area contributed by atoms with E-state index in [1.54, 1.807) is 32.4 Å². The van der Waals surface area contributed by atoms with Crippen LogP contribution in [0.2, 0.25) is 0 Å². The van der Waals surface area contributed by atoms with Crippen molar-refractivity contribution in [3.8, 4) is 0 Å². The van der Waals surface area contributed by atoms with Crippen LogP contribution in [0.4, 0.5) is 17.6 Å². The maximum Gasteiger partial charge on any atom is 0.433 e. The van der Waals surface area contributed by atoms with E-state index in [1.165, 1.54) is 19.1 Å². The molecule has 246 valence electrons. The van der Waals surface area contributed by atoms with Crippen molar-refractivity contribution in [3.05, 3.63) is 95.1 Å². The van der Waals surface area contributed by atoms with E-state index >= 15 is 4.39 Å². The lowest BCUT2D eigenvalue weighted by Crippen LogP contribution is -2.18. The highest BCUT2D eigenvalue weighted by molar-refractivity contribution is 6.05. The number of hydrogen-bond acceptors (Lipinski definition) is 5. The number of ether oxygens (including phenoxy) is 2. The summed E-state index contributed by atoms with van der Waals surface area (Å²) >= 11 is 0. The van der Waals surface area contributed by atoms with Gasteiger partial charge in [-0.05, 0) is 80.2 Å². The van der Waals surface area contributed by atoms with Gasteiger partial charge in [0.2, 0.25) is 5.88 Å². The summed E-state index contributed by atoms with van der Waals surface area (Å²) in [4.78, 5) is 13.1. The lowest BCUT2D eigenvalue weighted by Gasteiger charge is -2.17. The smallest absolute Gasteiger partial charge is 0.433 e. The van der Waals surface area contributed by atoms with Crippen LogP contribution in [-0.4, -0.2) is 30.9 Å². The molecule has 0 aromatic heterocycles. The van der Waals surface area contributed by atoms with Crippen molar-refractivity contribution in [1.82, 2.24) is 0 Å². The first-order valence-electron chi connectivity index (χ1n) is 15.6. The van der Waals surface area contributed by atoms with Crippen LogP contribution in [0, 0.1) is 17.7 Å². The van der Waals surface area contributed by atoms with Gasteiger partial charge in [0.25, 0.3) is 0 Å². The molecule has 1 atom stereocenters. The topological polar surface area (TPSA) is 55.5 Å². The molecule has 0 saturated heterocycles. The summed E-state index contributed by atoms with van der Waals surface area (Å²) in [5, 5.41) is 0. The highest BCUT2D eigenvalue weighted by atomic mass is 19.4. The van der Waals surface area contributed by atoms with Gasteiger partial charge >= 0.3 is 6.18 Å². The fourth-order valence-electron chi connectivity index (χ4n) is 4.41. The normalized spacial score (nSPS) is 16.3. The Morgan fingerprint density at radius 2 is 1.84 bits per heavy atom. The van der Waals surface area contributed by atoms with Crippen LogP contribution in [0.5, 0.6) is 0 Å². The van der Waals surface area contributed by atoms with Gasteiger partial charge in [0.1, 0.15) is 23.9 Å². The molecule has 9 heteroatoms. The average molecular weight is 630 g/mol. The molecule has 0 bridgehead atoms. The minimum absolute atomic E-state index is 0.00792. The third kappa shape index (κ3) is 11.6. The molecule has 1 aromatic rings. The van der Waals surface area contributed by atoms with Crippen LogP contribution in [-0.2, 0) is 16.1 Å². The zero-order valence-corrected chi connectivity index (χ0v) is 27.4. The predicted octanol–water partition coefficient (Wildman–Crippen LogP) is 10.6. The quantitative estimate of drug-likeness (QED) is 0.0702. The SMILES string of the molecule is C=C(\C=C/N=C(CCC)\C(C(=C)C1CC1)=C(\N=C/CCC)OC)OCc1ccc(C(=N/C(=C\C)C(F)(F)F)C(C)CC)c(F)c1. The van der Waals surface area contributed by atoms with E-state index in [9.17, 15) is 13.2 Å². The van der Waals surface area contributed by atoms with Gasteiger partial charge in [-0.1, -0.05) is 65.8 Å². The highest BCUT2D eigenvalue weighted by Crippen LogP contribution is 2.41. The van der Waals surface area contributed by atoms with Crippen molar-refractivity contribution in [2.75, 3.05) is 7.11 Å². The van der Waals surface area contributed by atoms with Crippen molar-refractivity contribution in [1.29, 1.82) is 0 Å². The zero-order chi connectivity index (χ0) is 33.6. The van der Waals surface area contributed by atoms with Crippen LogP contribution >= 0.6 is 0 Å². The van der Waals surface area contributed by atoms with Gasteiger partial charge in [0.15, 0.2) is 0 Å². The van der Waals surface area contributed by atoms with Gasteiger partial charge in [0.05, 0.1) is 24.1 Å². The van der Waals surface area contributed by atoms with Crippen molar-refractivity contribution in [2.45, 2.75) is 92.3 Å². The summed E-state index contributed by atoms with van der Waals surface area (Å²) < 4.78 is 66.7. The number of aliphatic imine (C=N–C) groups is 3. The lowest BCUT2D eigenvalue weighted by molar-refractivity contribution is -0.0924. The van der Waals surface area contributed by atoms with Crippen molar-refractivity contribution in [2.24, 2.45) is 26.8 Å². The minimum atomic E-state index is -4.63. The maximum absolute atomic E-state index is 15.2. The molecule has 45 heavy (non-hydrogen) atoms. The Kier molecular flexibility index (Phi) is 15.2. The molecule has 1 unspecified atom stereocenters. The number of hydrogen-bond donors (Lipinski definition) is 0. The van der Waals surface area contributed by atoms with Crippen molar-refractivity contribution in [3.63, 3.8) is 0 Å². The van der Waals surface area contributed by atoms with Gasteiger partial charge in [-0.2, -0.15) is 13.2 Å². The molecule has 1 aliphatic rings. The fourth-order valence-corrected chi connectivity index (χ4v) is 4.41. The summed E-state index contributed by atoms with van der Waals surface area (Å²) in [5.41, 5.74) is 2.13. The molecule has 0 heterocycles. The third-order valence-electron chi connectivity index (χ3n) is 7.31. The number of allylic oxidation sites excluding steroid dienone is 5. The van der Waals surface area contributed by atoms with Gasteiger partial charge in [-0.25, -0.2) is 14.4 Å². The first-order chi connectivity index (χ1) is 21.4. The number of nitrogens with zero attached hydrogens (tertiary/aromatic N) is 3. The van der Waals surface area contributed by atoms with Crippen molar-refractivity contribution >= 4 is 17.6 Å². The standard InChI is InChI=1S/C36H47F4N3O2/c1-9-13-20-42-35(44-8)33(26(7)28-16-17-28)31(14-10-2)41-21-19-25(6)45-23-27-15-18-29(30(37)22-27)34(24(5)11-3)43-32(12-4)36(38,39)40/h12,15,18-22,24,28H,6-7,9-11,13-14,16-17,23H2,1-5,8H3/b21-19-,32-12-,35-33-,41-31-,42-20-,43-34?. The van der Waals surface area contributed by atoms with Crippen LogP contribution in [0.15, 0.2) is 93.2 Å². The third-order valence-corrected chi connectivity index (χ3v) is 7.31. The highest BCUT2D eigenvalue weighted by Gasteiger charge is 2.34. The van der Waals surface area contributed by atoms with Crippen LogP contribution in [0.25, 0.3) is 0 Å². The number of halogens is 4. The van der Waals surface area contributed by atoms with Crippen LogP contribution in [0.1, 0.15) is 90.7 Å². The minimum Gasteiger partial charge on any atom is -0.489 e. The largest absolute Gasteiger partial charge is 0.489 e. The molecular formula is C36H47F4N3O2. The summed E-state index contributed by atoms with van der Waals surface area (Å²) in [7, 11) is 1.60.